The number of anilines is 2. The quantitative estimate of drug-likeness (QED) is 0.0911. The minimum absolute atomic E-state index is 0.0307. The molecular weight excluding hydrogens is 715 g/mol. The van der Waals surface area contributed by atoms with Crippen LogP contribution in [0.4, 0.5) is 11.4 Å². The number of thioether (sulfide) groups is 1. The normalized spacial score (nSPS) is 15.6. The van der Waals surface area contributed by atoms with Crippen LogP contribution >= 0.6 is 35.7 Å². The molecule has 0 spiro atoms. The molecule has 1 fully saturated rings. The fourth-order valence-electron chi connectivity index (χ4n) is 7.22. The molecule has 4 aromatic carbocycles. The molecule has 0 unspecified atom stereocenters. The Labute approximate surface area is 326 Å². The second kappa shape index (κ2) is 14.3. The number of aliphatic carboxylic acids is 1. The van der Waals surface area contributed by atoms with Gasteiger partial charge in [-0.25, -0.2) is 0 Å². The van der Waals surface area contributed by atoms with Gasteiger partial charge in [-0.05, 0) is 94.6 Å². The third kappa shape index (κ3) is 7.28. The molecule has 1 N–H and O–H groups in total. The number of nitrogens with zero attached hydrogens (tertiary/aromatic N) is 3. The maximum absolute atomic E-state index is 13.1. The van der Waals surface area contributed by atoms with E-state index in [0.717, 1.165) is 51.5 Å². The summed E-state index contributed by atoms with van der Waals surface area (Å²) in [5.74, 6) is -1.45. The molecule has 7 rings (SSSR count). The van der Waals surface area contributed by atoms with Gasteiger partial charge in [-0.1, -0.05) is 122 Å². The van der Waals surface area contributed by atoms with Crippen molar-refractivity contribution in [2.75, 3.05) is 18.0 Å². The number of carboxylic acid groups (broad SMARTS) is 1. The number of aromatic nitrogens is 1. The van der Waals surface area contributed by atoms with Crippen LogP contribution in [0.2, 0.25) is 0 Å². The molecule has 0 atom stereocenters. The minimum Gasteiger partial charge on any atom is -0.480 e. The van der Waals surface area contributed by atoms with Crippen molar-refractivity contribution in [3.8, 4) is 5.69 Å². The van der Waals surface area contributed by atoms with Crippen LogP contribution in [-0.4, -0.2) is 43.9 Å². The van der Waals surface area contributed by atoms with Gasteiger partial charge in [0.05, 0.1) is 27.3 Å². The zero-order chi connectivity index (χ0) is 37.8. The molecule has 9 heteroatoms. The molecule has 5 aromatic rings. The van der Waals surface area contributed by atoms with Crippen molar-refractivity contribution in [1.82, 2.24) is 9.47 Å². The van der Waals surface area contributed by atoms with Gasteiger partial charge in [-0.2, -0.15) is 0 Å². The predicted molar refractivity (Wildman–Crippen MR) is 227 cm³/mol. The molecule has 0 radical (unpaired) electrons. The van der Waals surface area contributed by atoms with E-state index >= 15 is 0 Å². The molecular formula is C44H47N3O3S3. The molecule has 0 bridgehead atoms. The maximum atomic E-state index is 13.1. The van der Waals surface area contributed by atoms with E-state index in [1.165, 1.54) is 62.8 Å². The molecule has 6 nitrogen and oxygen atoms in total. The Morgan fingerprint density at radius 2 is 1.36 bits per heavy atom. The average Bonchev–Trinajstić information content (AvgIpc) is 3.56. The van der Waals surface area contributed by atoms with Gasteiger partial charge in [0, 0.05) is 32.8 Å². The van der Waals surface area contributed by atoms with E-state index in [9.17, 15) is 14.7 Å². The molecule has 1 amide bonds. The van der Waals surface area contributed by atoms with E-state index < -0.39 is 12.5 Å². The number of carbonyl (C=O) groups is 2. The lowest BCUT2D eigenvalue weighted by atomic mass is 9.85. The van der Waals surface area contributed by atoms with Crippen molar-refractivity contribution in [3.63, 3.8) is 0 Å². The predicted octanol–water partition coefficient (Wildman–Crippen LogP) is 11.8. The first-order chi connectivity index (χ1) is 25.1. The van der Waals surface area contributed by atoms with Gasteiger partial charge in [0.25, 0.3) is 5.91 Å². The Hall–Kier alpha value is -4.05. The zero-order valence-electron chi connectivity index (χ0n) is 31.6. The van der Waals surface area contributed by atoms with Crippen LogP contribution in [0, 0.1) is 0 Å². The number of amides is 1. The van der Waals surface area contributed by atoms with Crippen LogP contribution in [-0.2, 0) is 20.4 Å². The smallest absolute Gasteiger partial charge is 0.323 e. The highest BCUT2D eigenvalue weighted by atomic mass is 32.2. The standard InChI is InChI=1S/C44H47N3O3S3/c1-8-9-10-11-20-45-35-16-12-27(22-39-41(50)46(26-40(48)49)42(51)53-39)21-37(35)52-38-25-30(15-19-36(38)45)47-33-17-13-28(43(2,3)4)23-31(33)32-24-29(44(5,6)7)14-18-34(32)47/h12-19,21-25H,8-11,20,26H2,1-7H3,(H,48,49)/b39-22-. The largest absolute Gasteiger partial charge is 0.480 e. The lowest BCUT2D eigenvalue weighted by molar-refractivity contribution is -0.140. The summed E-state index contributed by atoms with van der Waals surface area (Å²) >= 11 is 8.25. The fourth-order valence-corrected chi connectivity index (χ4v) is 9.65. The lowest BCUT2D eigenvalue weighted by Gasteiger charge is -2.33. The summed E-state index contributed by atoms with van der Waals surface area (Å²) in [5, 5.41) is 11.8. The Balaban J connectivity index is 1.33. The van der Waals surface area contributed by atoms with Gasteiger partial charge in [0.1, 0.15) is 10.9 Å². The Kier molecular flexibility index (Phi) is 10.1. The molecule has 1 aromatic heterocycles. The fraction of sp³-hybridized carbons (Fsp3) is 0.341. The number of carbonyl (C=O) groups excluding carboxylic acids is 1. The zero-order valence-corrected chi connectivity index (χ0v) is 34.0. The highest BCUT2D eigenvalue weighted by Crippen LogP contribution is 2.50. The van der Waals surface area contributed by atoms with Gasteiger partial charge >= 0.3 is 5.97 Å². The number of hydrogen-bond donors (Lipinski definition) is 1. The van der Waals surface area contributed by atoms with E-state index in [1.807, 2.05) is 12.1 Å². The molecule has 0 aliphatic carbocycles. The van der Waals surface area contributed by atoms with E-state index in [4.69, 9.17) is 12.2 Å². The molecule has 53 heavy (non-hydrogen) atoms. The van der Waals surface area contributed by atoms with Gasteiger partial charge in [0.2, 0.25) is 0 Å². The van der Waals surface area contributed by atoms with E-state index in [1.54, 1.807) is 11.8 Å². The highest BCUT2D eigenvalue weighted by molar-refractivity contribution is 8.26. The maximum Gasteiger partial charge on any atom is 0.323 e. The van der Waals surface area contributed by atoms with Crippen LogP contribution < -0.4 is 4.90 Å². The van der Waals surface area contributed by atoms with Crippen molar-refractivity contribution in [2.24, 2.45) is 0 Å². The van der Waals surface area contributed by atoms with Gasteiger partial charge in [0.15, 0.2) is 0 Å². The summed E-state index contributed by atoms with van der Waals surface area (Å²) in [4.78, 5) is 30.8. The summed E-state index contributed by atoms with van der Waals surface area (Å²) in [7, 11) is 0. The highest BCUT2D eigenvalue weighted by Gasteiger charge is 2.34. The SMILES string of the molecule is CCCCCCN1c2ccc(/C=C3\SC(=S)N(CC(=O)O)C3=O)cc2Sc2cc(-n3c4ccc(C(C)(C)C)cc4c4cc(C(C)(C)C)ccc43)ccc21. The monoisotopic (exact) mass is 761 g/mol. The number of unbranched alkanes of at least 4 members (excludes halogenated alkanes) is 3. The summed E-state index contributed by atoms with van der Waals surface area (Å²) in [6.07, 6.45) is 6.48. The van der Waals surface area contributed by atoms with E-state index in [0.29, 0.717) is 4.91 Å². The second-order valence-corrected chi connectivity index (χ2v) is 18.9. The van der Waals surface area contributed by atoms with E-state index in [-0.39, 0.29) is 21.1 Å². The van der Waals surface area contributed by atoms with E-state index in [2.05, 4.69) is 125 Å². The first-order valence-corrected chi connectivity index (χ1v) is 20.5. The van der Waals surface area contributed by atoms with Crippen LogP contribution in [0.15, 0.2) is 87.5 Å². The number of hydrogen-bond acceptors (Lipinski definition) is 6. The topological polar surface area (TPSA) is 65.8 Å². The second-order valence-electron chi connectivity index (χ2n) is 16.2. The van der Waals surface area contributed by atoms with Crippen LogP contribution in [0.5, 0.6) is 0 Å². The molecule has 1 saturated heterocycles. The van der Waals surface area contributed by atoms with Crippen molar-refractivity contribution in [2.45, 2.75) is 94.8 Å². The van der Waals surface area contributed by atoms with Gasteiger partial charge < -0.3 is 14.6 Å². The number of thiocarbonyl (C=S) groups is 1. The van der Waals surface area contributed by atoms with Crippen LogP contribution in [0.1, 0.15) is 90.8 Å². The van der Waals surface area contributed by atoms with Crippen LogP contribution in [0.3, 0.4) is 0 Å². The molecule has 3 heterocycles. The number of benzene rings is 4. The minimum atomic E-state index is -1.09. The first-order valence-electron chi connectivity index (χ1n) is 18.4. The summed E-state index contributed by atoms with van der Waals surface area (Å²) in [6.45, 7) is 16.4. The van der Waals surface area contributed by atoms with Gasteiger partial charge in [-0.15, -0.1) is 0 Å². The molecule has 0 saturated carbocycles. The molecule has 2 aliphatic heterocycles. The summed E-state index contributed by atoms with van der Waals surface area (Å²) < 4.78 is 2.69. The molecule has 274 valence electrons. The van der Waals surface area contributed by atoms with Crippen molar-refractivity contribution in [3.05, 3.63) is 94.4 Å². The average molecular weight is 762 g/mol. The Bertz CT molecular complexity index is 2250. The van der Waals surface area contributed by atoms with Crippen LogP contribution in [0.25, 0.3) is 33.6 Å². The summed E-state index contributed by atoms with van der Waals surface area (Å²) in [6, 6.07) is 27.1. The molecule has 2 aliphatic rings. The number of fused-ring (bicyclic) bond motifs is 5. The number of carboxylic acids is 1. The Morgan fingerprint density at radius 3 is 1.94 bits per heavy atom. The lowest BCUT2D eigenvalue weighted by Crippen LogP contribution is -2.33. The first kappa shape index (κ1) is 37.3. The third-order valence-corrected chi connectivity index (χ3v) is 12.7. The van der Waals surface area contributed by atoms with Crippen molar-refractivity contribution in [1.29, 1.82) is 0 Å². The van der Waals surface area contributed by atoms with Crippen molar-refractivity contribution >= 4 is 91.2 Å². The van der Waals surface area contributed by atoms with Gasteiger partial charge in [-0.3, -0.25) is 14.5 Å². The Morgan fingerprint density at radius 1 is 0.755 bits per heavy atom. The van der Waals surface area contributed by atoms with Crippen molar-refractivity contribution < 1.29 is 14.7 Å². The summed E-state index contributed by atoms with van der Waals surface area (Å²) in [5.41, 5.74) is 9.45. The third-order valence-electron chi connectivity index (χ3n) is 10.2. The number of rotatable bonds is 9.